The number of alkyl carbamates (subject to hydrolysis) is 1. The van der Waals surface area contributed by atoms with E-state index in [-0.39, 0.29) is 18.0 Å². The lowest BCUT2D eigenvalue weighted by Crippen LogP contribution is -2.49. The number of benzene rings is 2. The molecule has 160 valence electrons. The second kappa shape index (κ2) is 9.87. The van der Waals surface area contributed by atoms with Crippen molar-refractivity contribution in [2.45, 2.75) is 45.4 Å². The average molecular weight is 413 g/mol. The van der Waals surface area contributed by atoms with Crippen molar-refractivity contribution in [2.24, 2.45) is 0 Å². The number of ether oxygens (including phenoxy) is 1. The smallest absolute Gasteiger partial charge is 0.408 e. The molecular weight excluding hydrogens is 386 g/mol. The van der Waals surface area contributed by atoms with E-state index in [1.165, 1.54) is 17.0 Å². The van der Waals surface area contributed by atoms with Gasteiger partial charge in [-0.3, -0.25) is 14.9 Å². The maximum atomic E-state index is 13.1. The lowest BCUT2D eigenvalue weighted by Gasteiger charge is -2.26. The number of nitro benzene ring substituents is 1. The number of carbonyl (C=O) groups is 2. The second-order valence-corrected chi connectivity index (χ2v) is 8.01. The molecule has 1 unspecified atom stereocenters. The summed E-state index contributed by atoms with van der Waals surface area (Å²) in [5.41, 5.74) is 0.895. The van der Waals surface area contributed by atoms with Crippen molar-refractivity contribution in [3.8, 4) is 0 Å². The molecule has 2 rings (SSSR count). The zero-order chi connectivity index (χ0) is 22.3. The van der Waals surface area contributed by atoms with Gasteiger partial charge in [-0.05, 0) is 31.9 Å². The van der Waals surface area contributed by atoms with Gasteiger partial charge in [-0.25, -0.2) is 4.79 Å². The maximum absolute atomic E-state index is 13.1. The molecule has 0 aliphatic rings. The Hall–Kier alpha value is -3.42. The monoisotopic (exact) mass is 413 g/mol. The van der Waals surface area contributed by atoms with Crippen LogP contribution >= 0.6 is 0 Å². The highest BCUT2D eigenvalue weighted by molar-refractivity contribution is 5.86. The SMILES string of the molecule is CN(Cc1ccccc1)C(=O)C(Cc1ccc([N+](=O)[O-])cc1)NC(=O)OC(C)(C)C. The third-order valence-corrected chi connectivity index (χ3v) is 4.21. The average Bonchev–Trinajstić information content (AvgIpc) is 2.66. The Labute approximate surface area is 176 Å². The largest absolute Gasteiger partial charge is 0.444 e. The van der Waals surface area contributed by atoms with Crippen molar-refractivity contribution in [2.75, 3.05) is 7.05 Å². The third-order valence-electron chi connectivity index (χ3n) is 4.21. The standard InChI is InChI=1S/C22H27N3O5/c1-22(2,3)30-21(27)23-19(14-16-10-12-18(13-11-16)25(28)29)20(26)24(4)15-17-8-6-5-7-9-17/h5-13,19H,14-15H2,1-4H3,(H,23,27). The van der Waals surface area contributed by atoms with Crippen LogP contribution in [0.5, 0.6) is 0 Å². The van der Waals surface area contributed by atoms with Gasteiger partial charge in [0, 0.05) is 32.1 Å². The molecule has 8 heteroatoms. The Morgan fingerprint density at radius 2 is 1.67 bits per heavy atom. The van der Waals surface area contributed by atoms with Crippen molar-refractivity contribution < 1.29 is 19.2 Å². The van der Waals surface area contributed by atoms with Crippen molar-refractivity contribution in [1.82, 2.24) is 10.2 Å². The van der Waals surface area contributed by atoms with Crippen LogP contribution in [0, 0.1) is 10.1 Å². The van der Waals surface area contributed by atoms with Gasteiger partial charge < -0.3 is 15.0 Å². The van der Waals surface area contributed by atoms with Crippen LogP contribution < -0.4 is 5.32 Å². The Kier molecular flexibility index (Phi) is 7.52. The molecule has 1 atom stereocenters. The van der Waals surface area contributed by atoms with E-state index in [0.29, 0.717) is 12.1 Å². The van der Waals surface area contributed by atoms with Crippen molar-refractivity contribution in [3.63, 3.8) is 0 Å². The number of hydrogen-bond donors (Lipinski definition) is 1. The highest BCUT2D eigenvalue weighted by Gasteiger charge is 2.27. The molecule has 2 amide bonds. The van der Waals surface area contributed by atoms with Gasteiger partial charge in [0.05, 0.1) is 4.92 Å². The number of rotatable bonds is 7. The Balaban J connectivity index is 2.17. The van der Waals surface area contributed by atoms with Crippen molar-refractivity contribution in [1.29, 1.82) is 0 Å². The van der Waals surface area contributed by atoms with Crippen LogP contribution in [-0.4, -0.2) is 40.5 Å². The lowest BCUT2D eigenvalue weighted by molar-refractivity contribution is -0.384. The zero-order valence-electron chi connectivity index (χ0n) is 17.6. The predicted octanol–water partition coefficient (Wildman–Crippen LogP) is 3.69. The Bertz CT molecular complexity index is 876. The Morgan fingerprint density at radius 1 is 1.07 bits per heavy atom. The fourth-order valence-electron chi connectivity index (χ4n) is 2.84. The first-order valence-corrected chi connectivity index (χ1v) is 9.57. The van der Waals surface area contributed by atoms with Crippen LogP contribution in [0.3, 0.4) is 0 Å². The van der Waals surface area contributed by atoms with Crippen LogP contribution in [0.4, 0.5) is 10.5 Å². The fraction of sp³-hybridized carbons (Fsp3) is 0.364. The number of amides is 2. The number of likely N-dealkylation sites (N-methyl/N-ethyl adjacent to an activating group) is 1. The van der Waals surface area contributed by atoms with E-state index in [9.17, 15) is 19.7 Å². The van der Waals surface area contributed by atoms with Gasteiger partial charge in [0.25, 0.3) is 5.69 Å². The minimum absolute atomic E-state index is 0.0390. The number of nitrogens with zero attached hydrogens (tertiary/aromatic N) is 2. The molecule has 0 spiro atoms. The molecular formula is C22H27N3O5. The summed E-state index contributed by atoms with van der Waals surface area (Å²) in [7, 11) is 1.66. The van der Waals surface area contributed by atoms with Crippen LogP contribution in [-0.2, 0) is 22.5 Å². The van der Waals surface area contributed by atoms with Gasteiger partial charge in [-0.15, -0.1) is 0 Å². The number of nitrogens with one attached hydrogen (secondary N) is 1. The van der Waals surface area contributed by atoms with E-state index in [0.717, 1.165) is 5.56 Å². The zero-order valence-corrected chi connectivity index (χ0v) is 17.6. The highest BCUT2D eigenvalue weighted by atomic mass is 16.6. The molecule has 0 aliphatic heterocycles. The summed E-state index contributed by atoms with van der Waals surface area (Å²) in [6.07, 6.45) is -0.522. The normalized spacial score (nSPS) is 12.0. The molecule has 30 heavy (non-hydrogen) atoms. The van der Waals surface area contributed by atoms with Crippen LogP contribution in [0.2, 0.25) is 0 Å². The van der Waals surface area contributed by atoms with Crippen molar-refractivity contribution >= 4 is 17.7 Å². The van der Waals surface area contributed by atoms with Gasteiger partial charge in [0.2, 0.25) is 5.91 Å². The molecule has 0 saturated carbocycles. The van der Waals surface area contributed by atoms with Crippen LogP contribution in [0.1, 0.15) is 31.9 Å². The van der Waals surface area contributed by atoms with Gasteiger partial charge >= 0.3 is 6.09 Å². The summed E-state index contributed by atoms with van der Waals surface area (Å²) in [6.45, 7) is 5.59. The molecule has 0 bridgehead atoms. The predicted molar refractivity (Wildman–Crippen MR) is 113 cm³/mol. The molecule has 8 nitrogen and oxygen atoms in total. The van der Waals surface area contributed by atoms with Gasteiger partial charge in [0.1, 0.15) is 11.6 Å². The molecule has 0 aromatic heterocycles. The van der Waals surface area contributed by atoms with Gasteiger partial charge in [-0.2, -0.15) is 0 Å². The molecule has 1 N–H and O–H groups in total. The van der Waals surface area contributed by atoms with E-state index in [2.05, 4.69) is 5.32 Å². The first kappa shape index (κ1) is 22.9. The number of carbonyl (C=O) groups excluding carboxylic acids is 2. The minimum Gasteiger partial charge on any atom is -0.444 e. The quantitative estimate of drug-likeness (QED) is 0.551. The van der Waals surface area contributed by atoms with Gasteiger partial charge in [-0.1, -0.05) is 42.5 Å². The molecule has 0 radical (unpaired) electrons. The van der Waals surface area contributed by atoms with E-state index in [1.54, 1.807) is 40.0 Å². The molecule has 0 saturated heterocycles. The molecule has 0 aliphatic carbocycles. The first-order valence-electron chi connectivity index (χ1n) is 9.57. The summed E-state index contributed by atoms with van der Waals surface area (Å²) in [5, 5.41) is 13.5. The summed E-state index contributed by atoms with van der Waals surface area (Å²) in [4.78, 5) is 37.3. The van der Waals surface area contributed by atoms with E-state index in [1.807, 2.05) is 30.3 Å². The summed E-state index contributed by atoms with van der Waals surface area (Å²) in [6, 6.07) is 14.5. The van der Waals surface area contributed by atoms with E-state index in [4.69, 9.17) is 4.74 Å². The molecule has 0 heterocycles. The summed E-state index contributed by atoms with van der Waals surface area (Å²) >= 11 is 0. The third kappa shape index (κ3) is 7.20. The Morgan fingerprint density at radius 3 is 2.20 bits per heavy atom. The summed E-state index contributed by atoms with van der Waals surface area (Å²) in [5.74, 6) is -0.289. The highest BCUT2D eigenvalue weighted by Crippen LogP contribution is 2.15. The number of hydrogen-bond acceptors (Lipinski definition) is 5. The fourth-order valence-corrected chi connectivity index (χ4v) is 2.84. The summed E-state index contributed by atoms with van der Waals surface area (Å²) < 4.78 is 5.29. The van der Waals surface area contributed by atoms with Gasteiger partial charge in [0.15, 0.2) is 0 Å². The first-order chi connectivity index (χ1) is 14.0. The van der Waals surface area contributed by atoms with E-state index < -0.39 is 22.7 Å². The topological polar surface area (TPSA) is 102 Å². The number of non-ortho nitro benzene ring substituents is 1. The van der Waals surface area contributed by atoms with Crippen LogP contribution in [0.15, 0.2) is 54.6 Å². The molecule has 2 aromatic carbocycles. The second-order valence-electron chi connectivity index (χ2n) is 8.01. The maximum Gasteiger partial charge on any atom is 0.408 e. The van der Waals surface area contributed by atoms with E-state index >= 15 is 0 Å². The lowest BCUT2D eigenvalue weighted by atomic mass is 10.0. The molecule has 2 aromatic rings. The number of nitro groups is 1. The minimum atomic E-state index is -0.880. The van der Waals surface area contributed by atoms with Crippen LogP contribution in [0.25, 0.3) is 0 Å². The molecule has 0 fully saturated rings. The van der Waals surface area contributed by atoms with Crippen molar-refractivity contribution in [3.05, 3.63) is 75.8 Å².